The van der Waals surface area contributed by atoms with Crippen molar-refractivity contribution in [2.24, 2.45) is 0 Å². The molecule has 6 rings (SSSR count). The van der Waals surface area contributed by atoms with E-state index in [9.17, 15) is 4.79 Å². The number of carbonyl (C=O) groups is 1. The predicted octanol–water partition coefficient (Wildman–Crippen LogP) is 10.8. The van der Waals surface area contributed by atoms with Crippen molar-refractivity contribution in [3.8, 4) is 11.5 Å². The molecular weight excluding hydrogens is 781 g/mol. The number of aromatic nitrogens is 3. The van der Waals surface area contributed by atoms with Crippen LogP contribution in [-0.2, 0) is 17.2 Å². The number of rotatable bonds is 11. The first-order valence-corrected chi connectivity index (χ1v) is 18.7. The highest BCUT2D eigenvalue weighted by Gasteiger charge is 2.36. The third kappa shape index (κ3) is 7.80. The number of hydrogen-bond donors (Lipinski definition) is 2. The third-order valence-corrected chi connectivity index (χ3v) is 10.6. The van der Waals surface area contributed by atoms with Gasteiger partial charge in [-0.3, -0.25) is 4.79 Å². The van der Waals surface area contributed by atoms with Crippen LogP contribution in [-0.4, -0.2) is 27.3 Å². The van der Waals surface area contributed by atoms with E-state index in [1.807, 2.05) is 82.3 Å². The van der Waals surface area contributed by atoms with E-state index >= 15 is 0 Å². The standard InChI is InChI=1S/C37H33BrCl3N5O3S/c1-5-48-31-17-24(16-26(38)34(31)49-18-25-28(40)11-8-12-29(25)41)33-32(35(47)43-30-14-13-20(2)15-21(30)3)22(4)42-36-44-37(45-46(33)36)50-19-23-9-6-7-10-27(23)39/h6-17,33H,5,18-19H2,1-4H3,(H,43,47)(H,42,44,45). The van der Waals surface area contributed by atoms with Crippen LogP contribution in [0.3, 0.4) is 0 Å². The number of amides is 1. The molecule has 0 aliphatic carbocycles. The first-order chi connectivity index (χ1) is 24.0. The summed E-state index contributed by atoms with van der Waals surface area (Å²) in [6.45, 7) is 8.23. The van der Waals surface area contributed by atoms with Crippen LogP contribution >= 0.6 is 62.5 Å². The molecule has 1 aliphatic heterocycles. The van der Waals surface area contributed by atoms with E-state index < -0.39 is 6.04 Å². The molecule has 50 heavy (non-hydrogen) atoms. The molecule has 1 aliphatic rings. The quantitative estimate of drug-likeness (QED) is 0.128. The van der Waals surface area contributed by atoms with Crippen LogP contribution in [0.4, 0.5) is 11.6 Å². The van der Waals surface area contributed by atoms with Gasteiger partial charge in [0, 0.05) is 37.8 Å². The number of nitrogens with one attached hydrogen (secondary N) is 2. The van der Waals surface area contributed by atoms with Gasteiger partial charge in [-0.05, 0) is 96.7 Å². The molecule has 0 fully saturated rings. The minimum atomic E-state index is -0.679. The molecule has 0 saturated heterocycles. The Kier molecular flexibility index (Phi) is 11.3. The summed E-state index contributed by atoms with van der Waals surface area (Å²) in [6.07, 6.45) is 0. The van der Waals surface area contributed by atoms with Gasteiger partial charge in [-0.25, -0.2) is 4.68 Å². The maximum atomic E-state index is 14.3. The Morgan fingerprint density at radius 1 is 0.980 bits per heavy atom. The number of aryl methyl sites for hydroxylation is 2. The number of halogens is 4. The summed E-state index contributed by atoms with van der Waals surface area (Å²) in [5, 5.41) is 13.6. The molecule has 1 amide bonds. The molecule has 0 saturated carbocycles. The average Bonchev–Trinajstić information content (AvgIpc) is 3.48. The molecule has 5 aromatic rings. The van der Waals surface area contributed by atoms with Crippen molar-refractivity contribution < 1.29 is 14.3 Å². The second kappa shape index (κ2) is 15.7. The van der Waals surface area contributed by atoms with Gasteiger partial charge in [0.15, 0.2) is 11.5 Å². The maximum absolute atomic E-state index is 14.3. The zero-order valence-electron chi connectivity index (χ0n) is 27.6. The fourth-order valence-corrected chi connectivity index (χ4v) is 7.86. The van der Waals surface area contributed by atoms with Gasteiger partial charge in [0.05, 0.1) is 16.7 Å². The van der Waals surface area contributed by atoms with Gasteiger partial charge in [-0.15, -0.1) is 5.10 Å². The summed E-state index contributed by atoms with van der Waals surface area (Å²) in [4.78, 5) is 19.1. The van der Waals surface area contributed by atoms with Crippen molar-refractivity contribution in [1.29, 1.82) is 0 Å². The summed E-state index contributed by atoms with van der Waals surface area (Å²) < 4.78 is 14.7. The highest BCUT2D eigenvalue weighted by molar-refractivity contribution is 9.10. The van der Waals surface area contributed by atoms with Crippen molar-refractivity contribution in [3.05, 3.63) is 131 Å². The number of anilines is 2. The van der Waals surface area contributed by atoms with Gasteiger partial charge < -0.3 is 20.1 Å². The number of allylic oxidation sites excluding steroid dienone is 1. The molecule has 2 N–H and O–H groups in total. The van der Waals surface area contributed by atoms with Crippen LogP contribution in [0, 0.1) is 13.8 Å². The summed E-state index contributed by atoms with van der Waals surface area (Å²) in [7, 11) is 0. The number of benzene rings is 4. The molecule has 1 aromatic heterocycles. The largest absolute Gasteiger partial charge is 0.490 e. The van der Waals surface area contributed by atoms with Crippen LogP contribution in [0.25, 0.3) is 0 Å². The molecule has 0 bridgehead atoms. The highest BCUT2D eigenvalue weighted by Crippen LogP contribution is 2.44. The monoisotopic (exact) mass is 811 g/mol. The topological polar surface area (TPSA) is 90.3 Å². The van der Waals surface area contributed by atoms with E-state index in [1.165, 1.54) is 11.8 Å². The Labute approximate surface area is 318 Å². The zero-order chi connectivity index (χ0) is 35.5. The Balaban J connectivity index is 1.41. The fraction of sp³-hybridized carbons (Fsp3) is 0.216. The lowest BCUT2D eigenvalue weighted by Crippen LogP contribution is -2.31. The first-order valence-electron chi connectivity index (χ1n) is 15.7. The van der Waals surface area contributed by atoms with Gasteiger partial charge in [-0.2, -0.15) is 4.98 Å². The molecule has 0 spiro atoms. The van der Waals surface area contributed by atoms with Crippen LogP contribution in [0.5, 0.6) is 11.5 Å². The number of fused-ring (bicyclic) bond motifs is 1. The maximum Gasteiger partial charge on any atom is 0.255 e. The van der Waals surface area contributed by atoms with Crippen LogP contribution in [0.15, 0.2) is 93.7 Å². The van der Waals surface area contributed by atoms with Gasteiger partial charge >= 0.3 is 0 Å². The molecule has 1 unspecified atom stereocenters. The molecular formula is C37H33BrCl3N5O3S. The second-order valence-corrected chi connectivity index (χ2v) is 14.7. The number of hydrogen-bond acceptors (Lipinski definition) is 7. The van der Waals surface area contributed by atoms with Gasteiger partial charge in [0.2, 0.25) is 11.1 Å². The minimum Gasteiger partial charge on any atom is -0.490 e. The van der Waals surface area contributed by atoms with Crippen molar-refractivity contribution >= 4 is 80.0 Å². The number of thioether (sulfide) groups is 1. The number of nitrogens with zero attached hydrogens (tertiary/aromatic N) is 3. The molecule has 4 aromatic carbocycles. The number of carbonyl (C=O) groups excluding carboxylic acids is 1. The lowest BCUT2D eigenvalue weighted by Gasteiger charge is -2.29. The molecule has 0 radical (unpaired) electrons. The van der Waals surface area contributed by atoms with Gasteiger partial charge in [-0.1, -0.05) is 88.5 Å². The zero-order valence-corrected chi connectivity index (χ0v) is 32.3. The van der Waals surface area contributed by atoms with Crippen molar-refractivity contribution in [1.82, 2.24) is 14.8 Å². The fourth-order valence-electron chi connectivity index (χ4n) is 5.66. The highest BCUT2D eigenvalue weighted by atomic mass is 79.9. The molecule has 8 nitrogen and oxygen atoms in total. The number of ether oxygens (including phenoxy) is 2. The van der Waals surface area contributed by atoms with E-state index in [-0.39, 0.29) is 12.5 Å². The van der Waals surface area contributed by atoms with Gasteiger partial charge in [0.25, 0.3) is 5.91 Å². The third-order valence-electron chi connectivity index (χ3n) is 8.09. The van der Waals surface area contributed by atoms with Crippen LogP contribution in [0.2, 0.25) is 15.1 Å². The molecule has 13 heteroatoms. The van der Waals surface area contributed by atoms with E-state index in [0.29, 0.717) is 71.3 Å². The summed E-state index contributed by atoms with van der Waals surface area (Å²) >= 11 is 24.5. The van der Waals surface area contributed by atoms with Crippen molar-refractivity contribution in [2.75, 3.05) is 17.2 Å². The van der Waals surface area contributed by atoms with E-state index in [1.54, 1.807) is 22.9 Å². The lowest BCUT2D eigenvalue weighted by molar-refractivity contribution is -0.113. The van der Waals surface area contributed by atoms with E-state index in [2.05, 4.69) is 26.6 Å². The molecule has 1 atom stereocenters. The summed E-state index contributed by atoms with van der Waals surface area (Å²) in [6, 6.07) is 22.0. The normalized spacial score (nSPS) is 13.9. The van der Waals surface area contributed by atoms with Gasteiger partial charge in [0.1, 0.15) is 12.6 Å². The summed E-state index contributed by atoms with van der Waals surface area (Å²) in [5.74, 6) is 1.74. The second-order valence-electron chi connectivity index (χ2n) is 11.6. The molecule has 2 heterocycles. The van der Waals surface area contributed by atoms with Crippen molar-refractivity contribution in [3.63, 3.8) is 0 Å². The van der Waals surface area contributed by atoms with Crippen LogP contribution < -0.4 is 20.1 Å². The molecule has 258 valence electrons. The van der Waals surface area contributed by atoms with Crippen LogP contribution in [0.1, 0.15) is 47.7 Å². The Morgan fingerprint density at radius 3 is 2.44 bits per heavy atom. The minimum absolute atomic E-state index is 0.117. The average molecular weight is 814 g/mol. The SMILES string of the molecule is CCOc1cc(C2C(C(=O)Nc3ccc(C)cc3C)=C(C)Nc3nc(SCc4ccccc4Cl)nn32)cc(Br)c1OCc1c(Cl)cccc1Cl. The Hall–Kier alpha value is -3.67. The Morgan fingerprint density at radius 2 is 1.72 bits per heavy atom. The van der Waals surface area contributed by atoms with E-state index in [0.717, 1.165) is 27.9 Å². The lowest BCUT2D eigenvalue weighted by atomic mass is 9.94. The predicted molar refractivity (Wildman–Crippen MR) is 206 cm³/mol. The first kappa shape index (κ1) is 36.1. The summed E-state index contributed by atoms with van der Waals surface area (Å²) in [5.41, 5.74) is 6.25. The van der Waals surface area contributed by atoms with Crippen molar-refractivity contribution in [2.45, 2.75) is 51.3 Å². The Bertz CT molecular complexity index is 2100. The van der Waals surface area contributed by atoms with E-state index in [4.69, 9.17) is 54.4 Å². The smallest absolute Gasteiger partial charge is 0.255 e.